The number of sulfonamides is 1. The Bertz CT molecular complexity index is 1550. The number of carboxylic acid groups (broad SMARTS) is 1. The third kappa shape index (κ3) is 7.46. The highest BCUT2D eigenvalue weighted by molar-refractivity contribution is 7.89. The third-order valence-electron chi connectivity index (χ3n) is 6.01. The first-order valence-electron chi connectivity index (χ1n) is 11.9. The Morgan fingerprint density at radius 3 is 2.18 bits per heavy atom. The number of halogens is 1. The number of fused-ring (bicyclic) bond motifs is 1. The second-order valence-electron chi connectivity index (χ2n) is 9.10. The molecule has 0 bridgehead atoms. The molecule has 4 rings (SSSR count). The van der Waals surface area contributed by atoms with E-state index < -0.39 is 22.0 Å². The van der Waals surface area contributed by atoms with Gasteiger partial charge in [-0.15, -0.1) is 12.4 Å². The molecule has 1 aromatic heterocycles. The van der Waals surface area contributed by atoms with E-state index in [1.807, 2.05) is 50.5 Å². The first-order chi connectivity index (χ1) is 17.7. The first-order valence-corrected chi connectivity index (χ1v) is 13.4. The van der Waals surface area contributed by atoms with Crippen LogP contribution in [0.25, 0.3) is 10.9 Å². The number of nitrogens with one attached hydrogen (secondary N) is 2. The Morgan fingerprint density at radius 2 is 1.58 bits per heavy atom. The molecule has 0 saturated carbocycles. The van der Waals surface area contributed by atoms with Gasteiger partial charge in [0, 0.05) is 41.2 Å². The smallest absolute Gasteiger partial charge is 0.322 e. The summed E-state index contributed by atoms with van der Waals surface area (Å²) in [6.45, 7) is 0.978. The molecule has 0 unspecified atom stereocenters. The monoisotopic (exact) mass is 551 g/mol. The van der Waals surface area contributed by atoms with Crippen molar-refractivity contribution in [3.63, 3.8) is 0 Å². The molecule has 0 aliphatic rings. The van der Waals surface area contributed by atoms with E-state index >= 15 is 0 Å². The lowest BCUT2D eigenvalue weighted by molar-refractivity contribution is -0.138. The van der Waals surface area contributed by atoms with Crippen molar-refractivity contribution in [2.75, 3.05) is 20.6 Å². The largest absolute Gasteiger partial charge is 0.480 e. The number of likely N-dealkylation sites (N-methyl/N-ethyl adjacent to an activating group) is 1. The number of hydrogen-bond acceptors (Lipinski definition) is 4. The zero-order chi connectivity index (χ0) is 26.4. The lowest BCUT2D eigenvalue weighted by atomic mass is 10.1. The summed E-state index contributed by atoms with van der Waals surface area (Å²) in [6, 6.07) is 20.3. The number of carboxylic acids is 1. The van der Waals surface area contributed by atoms with Crippen molar-refractivity contribution in [2.24, 2.45) is 0 Å². The summed E-state index contributed by atoms with van der Waals surface area (Å²) in [5, 5.41) is 10.6. The molecule has 3 N–H and O–H groups in total. The zero-order valence-corrected chi connectivity index (χ0v) is 22.8. The summed E-state index contributed by atoms with van der Waals surface area (Å²) < 4.78 is 28.2. The minimum Gasteiger partial charge on any atom is -0.480 e. The minimum absolute atomic E-state index is 0. The number of aliphatic carboxylic acids is 1. The van der Waals surface area contributed by atoms with Gasteiger partial charge >= 0.3 is 5.97 Å². The Morgan fingerprint density at radius 1 is 0.974 bits per heavy atom. The van der Waals surface area contributed by atoms with Crippen LogP contribution in [0.2, 0.25) is 0 Å². The highest BCUT2D eigenvalue weighted by atomic mass is 35.5. The average Bonchev–Trinajstić information content (AvgIpc) is 3.29. The molecular formula is C29H30ClN3O4S. The fraction of sp³-hybridized carbons (Fsp3) is 0.207. The maximum atomic E-state index is 12.9. The van der Waals surface area contributed by atoms with E-state index in [2.05, 4.69) is 38.6 Å². The molecule has 1 atom stereocenters. The maximum Gasteiger partial charge on any atom is 0.322 e. The van der Waals surface area contributed by atoms with Gasteiger partial charge in [-0.2, -0.15) is 4.72 Å². The van der Waals surface area contributed by atoms with Crippen LogP contribution in [0.3, 0.4) is 0 Å². The lowest BCUT2D eigenvalue weighted by Crippen LogP contribution is -2.42. The molecule has 0 radical (unpaired) electrons. The molecule has 0 spiro atoms. The summed E-state index contributed by atoms with van der Waals surface area (Å²) in [5.74, 6) is 4.89. The molecule has 198 valence electrons. The van der Waals surface area contributed by atoms with Crippen molar-refractivity contribution in [3.05, 3.63) is 101 Å². The standard InChI is InChI=1S/C29H29N3O4S.ClH/c1-32(2)18-17-23-11-9-21(10-12-23)7-8-22-13-15-25(16-14-22)37(35,36)31-28(29(33)34)19-24-20-30-27-6-4-3-5-26(24)27;/h3-6,9-16,20,28,30-31H,17-19H2,1-2H3,(H,33,34);1H/t28-;/m1./s1. The van der Waals surface area contributed by atoms with Gasteiger partial charge in [0.05, 0.1) is 4.90 Å². The van der Waals surface area contributed by atoms with Gasteiger partial charge in [0.2, 0.25) is 10.0 Å². The predicted molar refractivity (Wildman–Crippen MR) is 152 cm³/mol. The van der Waals surface area contributed by atoms with Crippen molar-refractivity contribution in [1.82, 2.24) is 14.6 Å². The Kier molecular flexibility index (Phi) is 9.72. The quantitative estimate of drug-likeness (QED) is 0.272. The zero-order valence-electron chi connectivity index (χ0n) is 21.1. The van der Waals surface area contributed by atoms with E-state index in [0.29, 0.717) is 5.56 Å². The normalized spacial score (nSPS) is 12.0. The molecule has 0 aliphatic heterocycles. The highest BCUT2D eigenvalue weighted by Crippen LogP contribution is 2.20. The number of benzene rings is 3. The number of nitrogens with zero attached hydrogens (tertiary/aromatic N) is 1. The number of hydrogen-bond donors (Lipinski definition) is 3. The van der Waals surface area contributed by atoms with Crippen LogP contribution >= 0.6 is 12.4 Å². The fourth-order valence-electron chi connectivity index (χ4n) is 3.92. The fourth-order valence-corrected chi connectivity index (χ4v) is 5.11. The van der Waals surface area contributed by atoms with Crippen LogP contribution in [0.1, 0.15) is 22.3 Å². The lowest BCUT2D eigenvalue weighted by Gasteiger charge is -2.14. The number of aromatic nitrogens is 1. The molecule has 9 heteroatoms. The van der Waals surface area contributed by atoms with Crippen LogP contribution in [0, 0.1) is 11.8 Å². The van der Waals surface area contributed by atoms with Crippen LogP contribution in [0.4, 0.5) is 0 Å². The van der Waals surface area contributed by atoms with E-state index in [1.165, 1.54) is 17.7 Å². The van der Waals surface area contributed by atoms with E-state index in [0.717, 1.165) is 35.0 Å². The average molecular weight is 552 g/mol. The second-order valence-corrected chi connectivity index (χ2v) is 10.8. The van der Waals surface area contributed by atoms with Gasteiger partial charge in [-0.3, -0.25) is 4.79 Å². The molecule has 38 heavy (non-hydrogen) atoms. The Hall–Kier alpha value is -3.61. The summed E-state index contributed by atoms with van der Waals surface area (Å²) >= 11 is 0. The van der Waals surface area contributed by atoms with Gasteiger partial charge < -0.3 is 15.0 Å². The van der Waals surface area contributed by atoms with E-state index in [4.69, 9.17) is 0 Å². The number of H-pyrrole nitrogens is 1. The van der Waals surface area contributed by atoms with Crippen molar-refractivity contribution in [1.29, 1.82) is 0 Å². The number of para-hydroxylation sites is 1. The van der Waals surface area contributed by atoms with Gasteiger partial charge in [-0.25, -0.2) is 8.42 Å². The van der Waals surface area contributed by atoms with E-state index in [1.54, 1.807) is 18.3 Å². The molecule has 0 saturated heterocycles. The van der Waals surface area contributed by atoms with Crippen molar-refractivity contribution < 1.29 is 18.3 Å². The first kappa shape index (κ1) is 29.0. The van der Waals surface area contributed by atoms with Gasteiger partial charge in [0.1, 0.15) is 6.04 Å². The molecule has 1 heterocycles. The molecular weight excluding hydrogens is 522 g/mol. The molecule has 0 fully saturated rings. The molecule has 3 aromatic carbocycles. The molecule has 0 amide bonds. The van der Waals surface area contributed by atoms with Crippen LogP contribution in [0.15, 0.2) is 83.9 Å². The third-order valence-corrected chi connectivity index (χ3v) is 7.50. The van der Waals surface area contributed by atoms with Crippen LogP contribution < -0.4 is 4.72 Å². The Labute approximate surface area is 229 Å². The summed E-state index contributed by atoms with van der Waals surface area (Å²) in [4.78, 5) is 17.1. The summed E-state index contributed by atoms with van der Waals surface area (Å²) in [6.07, 6.45) is 2.69. The number of carbonyl (C=O) groups is 1. The van der Waals surface area contributed by atoms with E-state index in [-0.39, 0.29) is 23.7 Å². The van der Waals surface area contributed by atoms with Gasteiger partial charge in [0.15, 0.2) is 0 Å². The minimum atomic E-state index is -4.05. The topological polar surface area (TPSA) is 103 Å². The van der Waals surface area contributed by atoms with Gasteiger partial charge in [-0.1, -0.05) is 42.2 Å². The van der Waals surface area contributed by atoms with Crippen molar-refractivity contribution >= 4 is 39.3 Å². The Balaban J connectivity index is 0.00000400. The van der Waals surface area contributed by atoms with Crippen molar-refractivity contribution in [3.8, 4) is 11.8 Å². The summed E-state index contributed by atoms with van der Waals surface area (Å²) in [7, 11) is 0.0336. The van der Waals surface area contributed by atoms with Gasteiger partial charge in [0.25, 0.3) is 0 Å². The second kappa shape index (κ2) is 12.8. The summed E-state index contributed by atoms with van der Waals surface area (Å²) in [5.41, 5.74) is 4.35. The number of rotatable bonds is 9. The maximum absolute atomic E-state index is 12.9. The highest BCUT2D eigenvalue weighted by Gasteiger charge is 2.26. The van der Waals surface area contributed by atoms with Crippen LogP contribution in [0.5, 0.6) is 0 Å². The molecule has 7 nitrogen and oxygen atoms in total. The van der Waals surface area contributed by atoms with Crippen molar-refractivity contribution in [2.45, 2.75) is 23.8 Å². The predicted octanol–water partition coefficient (Wildman–Crippen LogP) is 4.07. The number of aromatic amines is 1. The molecule has 4 aromatic rings. The van der Waals surface area contributed by atoms with E-state index in [9.17, 15) is 18.3 Å². The van der Waals surface area contributed by atoms with Crippen LogP contribution in [-0.4, -0.2) is 56.1 Å². The molecule has 0 aliphatic carbocycles. The van der Waals surface area contributed by atoms with Crippen LogP contribution in [-0.2, 0) is 27.7 Å². The van der Waals surface area contributed by atoms with Gasteiger partial charge in [-0.05, 0) is 74.1 Å². The SMILES string of the molecule is CN(C)CCc1ccc(C#Cc2ccc(S(=O)(=O)N[C@H](Cc3c[nH]c4ccccc34)C(=O)O)cc2)cc1.Cl.